The average Bonchev–Trinajstić information content (AvgIpc) is 3.16. The van der Waals surface area contributed by atoms with Gasteiger partial charge in [0.05, 0.1) is 12.5 Å². The maximum Gasteiger partial charge on any atom is 0.309 e. The minimum Gasteiger partial charge on any atom is -0.466 e. The first kappa shape index (κ1) is 16.5. The van der Waals surface area contributed by atoms with Crippen molar-refractivity contribution in [2.24, 2.45) is 5.92 Å². The molecule has 24 heavy (non-hydrogen) atoms. The topological polar surface area (TPSA) is 82.3 Å². The predicted molar refractivity (Wildman–Crippen MR) is 89.8 cm³/mol. The van der Waals surface area contributed by atoms with Gasteiger partial charge in [0.15, 0.2) is 11.6 Å². The summed E-state index contributed by atoms with van der Waals surface area (Å²) in [5, 5.41) is 9.64. The Bertz CT molecular complexity index is 628. The van der Waals surface area contributed by atoms with Crippen molar-refractivity contribution in [3.63, 3.8) is 0 Å². The molecule has 0 aliphatic carbocycles. The quantitative estimate of drug-likeness (QED) is 0.778. The minimum absolute atomic E-state index is 0.0494. The summed E-state index contributed by atoms with van der Waals surface area (Å²) in [4.78, 5) is 24.8. The molecule has 0 bridgehead atoms. The lowest BCUT2D eigenvalue weighted by molar-refractivity contribution is -0.148. The SMILES string of the molecule is CCOC(=O)C1CCN(c2ncnc(N3CCCC3)c2C#N)CC1. The van der Waals surface area contributed by atoms with Gasteiger partial charge in [-0.25, -0.2) is 9.97 Å². The molecule has 3 rings (SSSR count). The van der Waals surface area contributed by atoms with Crippen LogP contribution in [0.5, 0.6) is 0 Å². The van der Waals surface area contributed by atoms with Gasteiger partial charge in [-0.1, -0.05) is 0 Å². The van der Waals surface area contributed by atoms with Crippen LogP contribution in [-0.4, -0.2) is 48.7 Å². The Hall–Kier alpha value is -2.36. The summed E-state index contributed by atoms with van der Waals surface area (Å²) < 4.78 is 5.11. The van der Waals surface area contributed by atoms with E-state index in [1.54, 1.807) is 6.33 Å². The summed E-state index contributed by atoms with van der Waals surface area (Å²) in [5.74, 6) is 1.27. The largest absolute Gasteiger partial charge is 0.466 e. The molecule has 3 heterocycles. The van der Waals surface area contributed by atoms with Gasteiger partial charge in [-0.05, 0) is 32.6 Å². The Kier molecular flexibility index (Phi) is 5.14. The number of nitriles is 1. The van der Waals surface area contributed by atoms with E-state index in [1.807, 2.05) is 6.92 Å². The molecular weight excluding hydrogens is 306 g/mol. The summed E-state index contributed by atoms with van der Waals surface area (Å²) in [6.07, 6.45) is 5.27. The first-order valence-corrected chi connectivity index (χ1v) is 8.66. The molecule has 128 valence electrons. The highest BCUT2D eigenvalue weighted by atomic mass is 16.5. The number of ether oxygens (including phenoxy) is 1. The smallest absolute Gasteiger partial charge is 0.309 e. The zero-order valence-corrected chi connectivity index (χ0v) is 14.1. The standard InChI is InChI=1S/C17H23N5O2/c1-2-24-17(23)13-5-9-22(10-6-13)16-14(11-18)15(19-12-20-16)21-7-3-4-8-21/h12-13H,2-10H2,1H3. The van der Waals surface area contributed by atoms with Crippen LogP contribution in [-0.2, 0) is 9.53 Å². The second-order valence-corrected chi connectivity index (χ2v) is 6.22. The molecule has 2 fully saturated rings. The number of piperidine rings is 1. The van der Waals surface area contributed by atoms with Gasteiger partial charge in [0.25, 0.3) is 0 Å². The van der Waals surface area contributed by atoms with Crippen molar-refractivity contribution in [3.05, 3.63) is 11.9 Å². The van der Waals surface area contributed by atoms with Crippen molar-refractivity contribution in [1.82, 2.24) is 9.97 Å². The molecular formula is C17H23N5O2. The third-order valence-corrected chi connectivity index (χ3v) is 4.74. The first-order chi connectivity index (χ1) is 11.7. The van der Waals surface area contributed by atoms with Gasteiger partial charge in [-0.15, -0.1) is 0 Å². The summed E-state index contributed by atoms with van der Waals surface area (Å²) in [7, 11) is 0. The van der Waals surface area contributed by atoms with Crippen molar-refractivity contribution in [3.8, 4) is 6.07 Å². The number of rotatable bonds is 4. The first-order valence-electron chi connectivity index (χ1n) is 8.66. The average molecular weight is 329 g/mol. The molecule has 1 aromatic rings. The van der Waals surface area contributed by atoms with E-state index in [1.165, 1.54) is 0 Å². The molecule has 0 aromatic carbocycles. The van der Waals surface area contributed by atoms with Crippen molar-refractivity contribution in [1.29, 1.82) is 5.26 Å². The fraction of sp³-hybridized carbons (Fsp3) is 0.647. The Morgan fingerprint density at radius 3 is 2.33 bits per heavy atom. The van der Waals surface area contributed by atoms with Crippen LogP contribution in [0.4, 0.5) is 11.6 Å². The molecule has 0 radical (unpaired) electrons. The zero-order chi connectivity index (χ0) is 16.9. The zero-order valence-electron chi connectivity index (χ0n) is 14.1. The normalized spacial score (nSPS) is 18.5. The third-order valence-electron chi connectivity index (χ3n) is 4.74. The van der Waals surface area contributed by atoms with Crippen LogP contribution in [0, 0.1) is 17.2 Å². The number of hydrogen-bond acceptors (Lipinski definition) is 7. The van der Waals surface area contributed by atoms with E-state index in [9.17, 15) is 10.1 Å². The minimum atomic E-state index is -0.113. The number of hydrogen-bond donors (Lipinski definition) is 0. The molecule has 1 aromatic heterocycles. The second kappa shape index (κ2) is 7.47. The lowest BCUT2D eigenvalue weighted by Gasteiger charge is -2.32. The number of carbonyl (C=O) groups is 1. The van der Waals surface area contributed by atoms with Crippen LogP contribution in [0.1, 0.15) is 38.2 Å². The van der Waals surface area contributed by atoms with E-state index < -0.39 is 0 Å². The van der Waals surface area contributed by atoms with Crippen LogP contribution in [0.25, 0.3) is 0 Å². The van der Waals surface area contributed by atoms with Crippen LogP contribution < -0.4 is 9.80 Å². The van der Waals surface area contributed by atoms with Gasteiger partial charge in [0.2, 0.25) is 0 Å². The van der Waals surface area contributed by atoms with Gasteiger partial charge in [-0.2, -0.15) is 5.26 Å². The fourth-order valence-corrected chi connectivity index (χ4v) is 3.46. The van der Waals surface area contributed by atoms with Crippen LogP contribution in [0.15, 0.2) is 6.33 Å². The second-order valence-electron chi connectivity index (χ2n) is 6.22. The van der Waals surface area contributed by atoms with E-state index >= 15 is 0 Å². The van der Waals surface area contributed by atoms with Crippen molar-refractivity contribution < 1.29 is 9.53 Å². The molecule has 7 heteroatoms. The van der Waals surface area contributed by atoms with Crippen molar-refractivity contribution in [2.75, 3.05) is 42.6 Å². The van der Waals surface area contributed by atoms with Gasteiger partial charge in [0, 0.05) is 26.2 Å². The molecule has 0 spiro atoms. The fourth-order valence-electron chi connectivity index (χ4n) is 3.46. The van der Waals surface area contributed by atoms with Gasteiger partial charge in [-0.3, -0.25) is 4.79 Å². The summed E-state index contributed by atoms with van der Waals surface area (Å²) in [5.41, 5.74) is 0.550. The van der Waals surface area contributed by atoms with Crippen LogP contribution in [0.2, 0.25) is 0 Å². The van der Waals surface area contributed by atoms with Gasteiger partial charge < -0.3 is 14.5 Å². The third kappa shape index (κ3) is 3.28. The Labute approximate surface area is 142 Å². The van der Waals surface area contributed by atoms with Crippen molar-refractivity contribution >= 4 is 17.6 Å². The Morgan fingerprint density at radius 1 is 1.21 bits per heavy atom. The molecule has 0 amide bonds. The lowest BCUT2D eigenvalue weighted by atomic mass is 9.97. The molecule has 0 N–H and O–H groups in total. The molecule has 2 aliphatic heterocycles. The number of esters is 1. The summed E-state index contributed by atoms with van der Waals surface area (Å²) in [6.45, 7) is 5.53. The summed E-state index contributed by atoms with van der Waals surface area (Å²) in [6, 6.07) is 2.29. The number of anilines is 2. The number of aromatic nitrogens is 2. The molecule has 2 saturated heterocycles. The molecule has 0 atom stereocenters. The van der Waals surface area contributed by atoms with E-state index in [-0.39, 0.29) is 11.9 Å². The highest BCUT2D eigenvalue weighted by Crippen LogP contribution is 2.30. The van der Waals surface area contributed by atoms with Crippen LogP contribution >= 0.6 is 0 Å². The summed E-state index contributed by atoms with van der Waals surface area (Å²) >= 11 is 0. The number of nitrogens with zero attached hydrogens (tertiary/aromatic N) is 5. The van der Waals surface area contributed by atoms with Gasteiger partial charge in [0.1, 0.15) is 18.0 Å². The van der Waals surface area contributed by atoms with E-state index in [0.717, 1.165) is 44.6 Å². The van der Waals surface area contributed by atoms with E-state index in [2.05, 4.69) is 25.8 Å². The lowest BCUT2D eigenvalue weighted by Crippen LogP contribution is -2.38. The number of carbonyl (C=O) groups excluding carboxylic acids is 1. The van der Waals surface area contributed by atoms with E-state index in [4.69, 9.17) is 4.74 Å². The maximum absolute atomic E-state index is 11.9. The van der Waals surface area contributed by atoms with E-state index in [0.29, 0.717) is 31.1 Å². The Balaban J connectivity index is 1.75. The highest BCUT2D eigenvalue weighted by molar-refractivity contribution is 5.73. The monoisotopic (exact) mass is 329 g/mol. The molecule has 7 nitrogen and oxygen atoms in total. The van der Waals surface area contributed by atoms with Crippen molar-refractivity contribution in [2.45, 2.75) is 32.6 Å². The Morgan fingerprint density at radius 2 is 1.79 bits per heavy atom. The van der Waals surface area contributed by atoms with Crippen LogP contribution in [0.3, 0.4) is 0 Å². The molecule has 0 unspecified atom stereocenters. The predicted octanol–water partition coefficient (Wildman–Crippen LogP) is 1.73. The molecule has 2 aliphatic rings. The highest BCUT2D eigenvalue weighted by Gasteiger charge is 2.29. The van der Waals surface area contributed by atoms with Gasteiger partial charge >= 0.3 is 5.97 Å². The maximum atomic E-state index is 11.9. The molecule has 0 saturated carbocycles.